The lowest BCUT2D eigenvalue weighted by molar-refractivity contribution is -0.141. The lowest BCUT2D eigenvalue weighted by atomic mass is 10.1. The zero-order valence-corrected chi connectivity index (χ0v) is 11.8. The Morgan fingerprint density at radius 3 is 2.72 bits per heavy atom. The van der Waals surface area contributed by atoms with Crippen molar-refractivity contribution in [1.29, 1.82) is 0 Å². The van der Waals surface area contributed by atoms with Gasteiger partial charge in [-0.2, -0.15) is 0 Å². The second-order valence-electron chi connectivity index (χ2n) is 3.89. The van der Waals surface area contributed by atoms with E-state index in [1.165, 1.54) is 7.11 Å². The van der Waals surface area contributed by atoms with Gasteiger partial charge < -0.3 is 15.8 Å². The molecule has 1 rings (SSSR count). The number of hydrogen-bond acceptors (Lipinski definition) is 4. The Hall–Kier alpha value is -1.56. The minimum Gasteiger partial charge on any atom is -0.469 e. The molecular weight excluding hydrogens is 300 g/mol. The molecule has 3 N–H and O–H groups in total. The molecule has 1 aromatic rings. The molecule has 0 aromatic heterocycles. The van der Waals surface area contributed by atoms with E-state index in [2.05, 4.69) is 26.0 Å². The van der Waals surface area contributed by atoms with Crippen molar-refractivity contribution in [2.24, 2.45) is 0 Å². The predicted octanol–water partition coefficient (Wildman–Crippen LogP) is 1.71. The van der Waals surface area contributed by atoms with Crippen LogP contribution in [0.1, 0.15) is 23.7 Å². The van der Waals surface area contributed by atoms with Crippen LogP contribution in [0.3, 0.4) is 0 Å². The smallest absolute Gasteiger partial charge is 0.307 e. The van der Waals surface area contributed by atoms with E-state index in [0.29, 0.717) is 11.3 Å². The SMILES string of the molecule is COC(=O)CC(C)NC(=O)c1ccc(Br)cc1N. The van der Waals surface area contributed by atoms with E-state index >= 15 is 0 Å². The van der Waals surface area contributed by atoms with Crippen molar-refractivity contribution in [3.8, 4) is 0 Å². The number of methoxy groups -OCH3 is 1. The summed E-state index contributed by atoms with van der Waals surface area (Å²) in [5.41, 5.74) is 6.51. The number of rotatable bonds is 4. The number of nitrogens with one attached hydrogen (secondary N) is 1. The molecule has 0 aliphatic heterocycles. The van der Waals surface area contributed by atoms with E-state index in [4.69, 9.17) is 5.73 Å². The van der Waals surface area contributed by atoms with Gasteiger partial charge in [-0.1, -0.05) is 15.9 Å². The van der Waals surface area contributed by atoms with E-state index in [1.54, 1.807) is 25.1 Å². The van der Waals surface area contributed by atoms with Crippen LogP contribution >= 0.6 is 15.9 Å². The summed E-state index contributed by atoms with van der Waals surface area (Å²) in [6.45, 7) is 1.73. The third kappa shape index (κ3) is 4.03. The highest BCUT2D eigenvalue weighted by Gasteiger charge is 2.15. The predicted molar refractivity (Wildman–Crippen MR) is 72.1 cm³/mol. The summed E-state index contributed by atoms with van der Waals surface area (Å²) in [5.74, 6) is -0.678. The number of ether oxygens (including phenoxy) is 1. The Balaban J connectivity index is 2.67. The van der Waals surface area contributed by atoms with Crippen LogP contribution in [0, 0.1) is 0 Å². The van der Waals surface area contributed by atoms with Crippen molar-refractivity contribution in [1.82, 2.24) is 5.32 Å². The average Bonchev–Trinajstić information content (AvgIpc) is 2.28. The Morgan fingerprint density at radius 2 is 2.17 bits per heavy atom. The van der Waals surface area contributed by atoms with Crippen molar-refractivity contribution in [3.05, 3.63) is 28.2 Å². The first-order chi connectivity index (χ1) is 8.43. The van der Waals surface area contributed by atoms with Crippen LogP contribution in [0.25, 0.3) is 0 Å². The molecule has 0 saturated carbocycles. The number of carbonyl (C=O) groups is 2. The molecule has 0 aliphatic carbocycles. The largest absolute Gasteiger partial charge is 0.469 e. The van der Waals surface area contributed by atoms with Gasteiger partial charge in [0.25, 0.3) is 5.91 Å². The number of halogens is 1. The van der Waals surface area contributed by atoms with Crippen LogP contribution in [0.2, 0.25) is 0 Å². The number of amides is 1. The van der Waals surface area contributed by atoms with Crippen LogP contribution in [0.15, 0.2) is 22.7 Å². The summed E-state index contributed by atoms with van der Waals surface area (Å²) >= 11 is 3.27. The van der Waals surface area contributed by atoms with Crippen LogP contribution in [0.5, 0.6) is 0 Å². The maximum absolute atomic E-state index is 11.9. The van der Waals surface area contributed by atoms with Gasteiger partial charge in [0.05, 0.1) is 19.1 Å². The molecule has 0 saturated heterocycles. The number of hydrogen-bond donors (Lipinski definition) is 2. The molecule has 18 heavy (non-hydrogen) atoms. The van der Waals surface area contributed by atoms with Gasteiger partial charge in [-0.05, 0) is 25.1 Å². The fourth-order valence-corrected chi connectivity index (χ4v) is 1.81. The van der Waals surface area contributed by atoms with Crippen molar-refractivity contribution in [2.75, 3.05) is 12.8 Å². The van der Waals surface area contributed by atoms with E-state index in [9.17, 15) is 9.59 Å². The lowest BCUT2D eigenvalue weighted by Crippen LogP contribution is -2.34. The zero-order valence-electron chi connectivity index (χ0n) is 10.2. The molecule has 0 spiro atoms. The average molecular weight is 315 g/mol. The minimum absolute atomic E-state index is 0.124. The topological polar surface area (TPSA) is 81.4 Å². The fourth-order valence-electron chi connectivity index (χ4n) is 1.43. The number of esters is 1. The quantitative estimate of drug-likeness (QED) is 0.655. The van der Waals surface area contributed by atoms with Crippen molar-refractivity contribution >= 4 is 33.5 Å². The summed E-state index contributed by atoms with van der Waals surface area (Å²) < 4.78 is 5.33. The van der Waals surface area contributed by atoms with Gasteiger partial charge >= 0.3 is 5.97 Å². The van der Waals surface area contributed by atoms with E-state index in [-0.39, 0.29) is 24.3 Å². The monoisotopic (exact) mass is 314 g/mol. The molecule has 6 heteroatoms. The minimum atomic E-state index is -0.369. The molecule has 1 aromatic carbocycles. The maximum atomic E-state index is 11.9. The van der Waals surface area contributed by atoms with Gasteiger partial charge in [-0.15, -0.1) is 0 Å². The first kappa shape index (κ1) is 14.5. The van der Waals surface area contributed by atoms with E-state index in [0.717, 1.165) is 4.47 Å². The molecule has 1 unspecified atom stereocenters. The van der Waals surface area contributed by atoms with Crippen LogP contribution in [-0.4, -0.2) is 25.0 Å². The summed E-state index contributed by atoms with van der Waals surface area (Å²) in [4.78, 5) is 22.9. The van der Waals surface area contributed by atoms with Crippen LogP contribution < -0.4 is 11.1 Å². The zero-order chi connectivity index (χ0) is 13.7. The third-order valence-electron chi connectivity index (χ3n) is 2.34. The summed E-state index contributed by atoms with van der Waals surface area (Å²) in [7, 11) is 1.31. The molecule has 0 fully saturated rings. The summed E-state index contributed by atoms with van der Waals surface area (Å²) in [6, 6.07) is 4.70. The van der Waals surface area contributed by atoms with Gasteiger partial charge in [0.15, 0.2) is 0 Å². The first-order valence-electron chi connectivity index (χ1n) is 5.36. The van der Waals surface area contributed by atoms with Crippen LogP contribution in [-0.2, 0) is 9.53 Å². The van der Waals surface area contributed by atoms with Crippen molar-refractivity contribution < 1.29 is 14.3 Å². The molecule has 0 radical (unpaired) electrons. The lowest BCUT2D eigenvalue weighted by Gasteiger charge is -2.13. The fraction of sp³-hybridized carbons (Fsp3) is 0.333. The second kappa shape index (κ2) is 6.39. The van der Waals surface area contributed by atoms with Gasteiger partial charge in [-0.3, -0.25) is 9.59 Å². The number of nitrogens with two attached hydrogens (primary N) is 1. The standard InChI is InChI=1S/C12H15BrN2O3/c1-7(5-11(16)18-2)15-12(17)9-4-3-8(13)6-10(9)14/h3-4,6-7H,5,14H2,1-2H3,(H,15,17). The Morgan fingerprint density at radius 1 is 1.50 bits per heavy atom. The summed E-state index contributed by atoms with van der Waals surface area (Å²) in [6.07, 6.45) is 0.124. The van der Waals surface area contributed by atoms with Gasteiger partial charge in [0.2, 0.25) is 0 Å². The Bertz CT molecular complexity index is 463. The number of nitrogen functional groups attached to an aromatic ring is 1. The maximum Gasteiger partial charge on any atom is 0.307 e. The Labute approximate surface area is 114 Å². The molecule has 0 aliphatic rings. The highest BCUT2D eigenvalue weighted by atomic mass is 79.9. The molecular formula is C12H15BrN2O3. The number of carbonyl (C=O) groups excluding carboxylic acids is 2. The highest BCUT2D eigenvalue weighted by Crippen LogP contribution is 2.18. The van der Waals surface area contributed by atoms with Gasteiger partial charge in [0.1, 0.15) is 0 Å². The van der Waals surface area contributed by atoms with Crippen LogP contribution in [0.4, 0.5) is 5.69 Å². The van der Waals surface area contributed by atoms with Gasteiger partial charge in [-0.25, -0.2) is 0 Å². The van der Waals surface area contributed by atoms with E-state index in [1.807, 2.05) is 0 Å². The molecule has 0 heterocycles. The van der Waals surface area contributed by atoms with E-state index < -0.39 is 0 Å². The first-order valence-corrected chi connectivity index (χ1v) is 6.16. The Kier molecular flexibility index (Phi) is 5.15. The third-order valence-corrected chi connectivity index (χ3v) is 2.83. The molecule has 5 nitrogen and oxygen atoms in total. The second-order valence-corrected chi connectivity index (χ2v) is 4.80. The molecule has 0 bridgehead atoms. The molecule has 98 valence electrons. The number of anilines is 1. The van der Waals surface area contributed by atoms with Crippen molar-refractivity contribution in [3.63, 3.8) is 0 Å². The highest BCUT2D eigenvalue weighted by molar-refractivity contribution is 9.10. The number of benzene rings is 1. The molecule has 1 atom stereocenters. The normalized spacial score (nSPS) is 11.7. The van der Waals surface area contributed by atoms with Crippen molar-refractivity contribution in [2.45, 2.75) is 19.4 Å². The molecule has 1 amide bonds. The summed E-state index contributed by atoms with van der Waals surface area (Å²) in [5, 5.41) is 2.69. The van der Waals surface area contributed by atoms with Gasteiger partial charge in [0, 0.05) is 16.2 Å².